The van der Waals surface area contributed by atoms with Gasteiger partial charge in [-0.15, -0.1) is 11.8 Å². The molecule has 0 aliphatic rings. The molecule has 0 spiro atoms. The first-order valence-corrected chi connectivity index (χ1v) is 11.7. The Morgan fingerprint density at radius 3 is 2.12 bits per heavy atom. The molecule has 1 unspecified atom stereocenters. The van der Waals surface area contributed by atoms with Gasteiger partial charge < -0.3 is 5.32 Å². The van der Waals surface area contributed by atoms with E-state index in [0.29, 0.717) is 10.6 Å². The number of hydrogen-bond acceptors (Lipinski definition) is 4. The minimum Gasteiger partial charge on any atom is -0.325 e. The van der Waals surface area contributed by atoms with Crippen LogP contribution in [-0.2, 0) is 21.0 Å². The van der Waals surface area contributed by atoms with Crippen LogP contribution in [0.25, 0.3) is 0 Å². The summed E-state index contributed by atoms with van der Waals surface area (Å²) in [6, 6.07) is 19.0. The van der Waals surface area contributed by atoms with Crippen LogP contribution >= 0.6 is 11.8 Å². The molecule has 0 aromatic heterocycles. The predicted molar refractivity (Wildman–Crippen MR) is 119 cm³/mol. The summed E-state index contributed by atoms with van der Waals surface area (Å²) in [5.41, 5.74) is -0.877. The van der Waals surface area contributed by atoms with E-state index in [1.165, 1.54) is 30.3 Å². The predicted octanol–water partition coefficient (Wildman–Crippen LogP) is 5.63. The van der Waals surface area contributed by atoms with E-state index in [1.807, 2.05) is 0 Å². The third-order valence-electron chi connectivity index (χ3n) is 4.33. The number of alkyl halides is 3. The fraction of sp³-hybridized carbons (Fsp3) is 0.136. The molecule has 0 radical (unpaired) electrons. The minimum absolute atomic E-state index is 0.128. The fourth-order valence-corrected chi connectivity index (χ4v) is 4.69. The number of hydrogen-bond donors (Lipinski definition) is 2. The first kappa shape index (κ1) is 23.7. The second kappa shape index (κ2) is 9.66. The normalized spacial score (nSPS) is 12.8. The van der Waals surface area contributed by atoms with Crippen molar-refractivity contribution >= 4 is 39.1 Å². The van der Waals surface area contributed by atoms with Gasteiger partial charge in [0.15, 0.2) is 0 Å². The van der Waals surface area contributed by atoms with Crippen molar-refractivity contribution in [1.82, 2.24) is 0 Å². The molecule has 5 nitrogen and oxygen atoms in total. The number of rotatable bonds is 7. The summed E-state index contributed by atoms with van der Waals surface area (Å²) in [7, 11) is -3.73. The van der Waals surface area contributed by atoms with E-state index in [-0.39, 0.29) is 10.6 Å². The Hall–Kier alpha value is -2.98. The quantitative estimate of drug-likeness (QED) is 0.430. The number of carbonyl (C=O) groups excluding carboxylic acids is 1. The number of thioether (sulfide) groups is 1. The monoisotopic (exact) mass is 480 g/mol. The van der Waals surface area contributed by atoms with Crippen LogP contribution in [0.2, 0.25) is 0 Å². The second-order valence-electron chi connectivity index (χ2n) is 6.74. The summed E-state index contributed by atoms with van der Waals surface area (Å²) in [4.78, 5) is 13.2. The number of nitrogens with one attached hydrogen (secondary N) is 2. The van der Waals surface area contributed by atoms with Crippen molar-refractivity contribution in [3.8, 4) is 0 Å². The van der Waals surface area contributed by atoms with Crippen molar-refractivity contribution in [3.63, 3.8) is 0 Å². The van der Waals surface area contributed by atoms with Crippen molar-refractivity contribution in [2.24, 2.45) is 0 Å². The number of anilines is 2. The maximum absolute atomic E-state index is 13.1. The van der Waals surface area contributed by atoms with Gasteiger partial charge in [0.2, 0.25) is 5.91 Å². The van der Waals surface area contributed by atoms with Crippen molar-refractivity contribution in [2.75, 3.05) is 10.0 Å². The Kier molecular flexibility index (Phi) is 7.15. The van der Waals surface area contributed by atoms with Crippen LogP contribution in [-0.4, -0.2) is 19.6 Å². The van der Waals surface area contributed by atoms with Crippen molar-refractivity contribution < 1.29 is 26.4 Å². The summed E-state index contributed by atoms with van der Waals surface area (Å²) in [6.45, 7) is 1.57. The molecule has 0 saturated heterocycles. The van der Waals surface area contributed by atoms with Crippen molar-refractivity contribution in [1.29, 1.82) is 0 Å². The Bertz CT molecular complexity index is 1180. The molecular weight excluding hydrogens is 461 g/mol. The molecule has 10 heteroatoms. The standard InChI is InChI=1S/C22H19F3N2O3S2/c1-15(21(28)26-20-10-6-5-9-19(20)22(23,24)25)31-17-13-11-16(12-14-17)27-32(29,30)18-7-3-2-4-8-18/h2-15,27H,1H3,(H,26,28). The largest absolute Gasteiger partial charge is 0.418 e. The number of halogens is 3. The van der Waals surface area contributed by atoms with Gasteiger partial charge in [0.05, 0.1) is 21.4 Å². The molecule has 0 saturated carbocycles. The molecule has 1 atom stereocenters. The maximum Gasteiger partial charge on any atom is 0.418 e. The lowest BCUT2D eigenvalue weighted by Gasteiger charge is -2.16. The first-order chi connectivity index (χ1) is 15.1. The highest BCUT2D eigenvalue weighted by molar-refractivity contribution is 8.00. The SMILES string of the molecule is CC(Sc1ccc(NS(=O)(=O)c2ccccc2)cc1)C(=O)Nc1ccccc1C(F)(F)F. The first-order valence-electron chi connectivity index (χ1n) is 9.38. The van der Waals surface area contributed by atoms with Crippen LogP contribution in [0.1, 0.15) is 12.5 Å². The highest BCUT2D eigenvalue weighted by Gasteiger charge is 2.33. The Morgan fingerprint density at radius 2 is 1.50 bits per heavy atom. The average Bonchev–Trinajstić information content (AvgIpc) is 2.75. The summed E-state index contributed by atoms with van der Waals surface area (Å²) < 4.78 is 66.5. The summed E-state index contributed by atoms with van der Waals surface area (Å²) >= 11 is 1.14. The summed E-state index contributed by atoms with van der Waals surface area (Å²) in [5.74, 6) is -0.583. The average molecular weight is 481 g/mol. The van der Waals surface area contributed by atoms with E-state index in [1.54, 1.807) is 49.4 Å². The Morgan fingerprint density at radius 1 is 0.906 bits per heavy atom. The van der Waals surface area contributed by atoms with E-state index in [2.05, 4.69) is 10.0 Å². The molecule has 3 rings (SSSR count). The molecule has 168 valence electrons. The smallest absolute Gasteiger partial charge is 0.325 e. The topological polar surface area (TPSA) is 75.3 Å². The molecule has 1 amide bonds. The van der Waals surface area contributed by atoms with Crippen molar-refractivity contribution in [2.45, 2.75) is 28.1 Å². The van der Waals surface area contributed by atoms with E-state index >= 15 is 0 Å². The number of amides is 1. The van der Waals surface area contributed by atoms with Gasteiger partial charge in [-0.2, -0.15) is 13.2 Å². The van der Waals surface area contributed by atoms with Crippen LogP contribution in [0, 0.1) is 0 Å². The Balaban J connectivity index is 1.64. The third-order valence-corrected chi connectivity index (χ3v) is 6.84. The number of sulfonamides is 1. The second-order valence-corrected chi connectivity index (χ2v) is 9.83. The van der Waals surface area contributed by atoms with Crippen molar-refractivity contribution in [3.05, 3.63) is 84.4 Å². The van der Waals surface area contributed by atoms with Crippen LogP contribution < -0.4 is 10.0 Å². The van der Waals surface area contributed by atoms with E-state index in [4.69, 9.17) is 0 Å². The van der Waals surface area contributed by atoms with Gasteiger partial charge in [0, 0.05) is 10.6 Å². The van der Waals surface area contributed by atoms with E-state index < -0.39 is 32.9 Å². The maximum atomic E-state index is 13.1. The molecule has 32 heavy (non-hydrogen) atoms. The van der Waals surface area contributed by atoms with E-state index in [0.717, 1.165) is 17.8 Å². The number of benzene rings is 3. The van der Waals surface area contributed by atoms with Gasteiger partial charge in [0.1, 0.15) is 0 Å². The minimum atomic E-state index is -4.58. The zero-order valence-corrected chi connectivity index (χ0v) is 18.4. The van der Waals surface area contributed by atoms with Gasteiger partial charge in [-0.25, -0.2) is 8.42 Å². The lowest BCUT2D eigenvalue weighted by molar-refractivity contribution is -0.137. The van der Waals surface area contributed by atoms with Gasteiger partial charge in [-0.1, -0.05) is 30.3 Å². The fourth-order valence-electron chi connectivity index (χ4n) is 2.75. The highest BCUT2D eigenvalue weighted by atomic mass is 32.2. The number of para-hydroxylation sites is 1. The van der Waals surface area contributed by atoms with E-state index in [9.17, 15) is 26.4 Å². The molecule has 0 fully saturated rings. The molecule has 0 heterocycles. The third kappa shape index (κ3) is 6.04. The molecule has 3 aromatic rings. The highest BCUT2D eigenvalue weighted by Crippen LogP contribution is 2.35. The van der Waals surface area contributed by atoms with Crippen LogP contribution in [0.15, 0.2) is 88.7 Å². The Labute approximate surface area is 188 Å². The van der Waals surface area contributed by atoms with Gasteiger partial charge in [0.25, 0.3) is 10.0 Å². The van der Waals surface area contributed by atoms with Gasteiger partial charge in [-0.05, 0) is 55.5 Å². The molecular formula is C22H19F3N2O3S2. The van der Waals surface area contributed by atoms with Crippen LogP contribution in [0.4, 0.5) is 24.5 Å². The van der Waals surface area contributed by atoms with Gasteiger partial charge in [-0.3, -0.25) is 9.52 Å². The lowest BCUT2D eigenvalue weighted by atomic mass is 10.1. The van der Waals surface area contributed by atoms with Crippen LogP contribution in [0.3, 0.4) is 0 Å². The molecule has 2 N–H and O–H groups in total. The van der Waals surface area contributed by atoms with Crippen LogP contribution in [0.5, 0.6) is 0 Å². The zero-order chi connectivity index (χ0) is 23.4. The number of carbonyl (C=O) groups is 1. The molecule has 3 aromatic carbocycles. The lowest BCUT2D eigenvalue weighted by Crippen LogP contribution is -2.24. The molecule has 0 bridgehead atoms. The summed E-state index contributed by atoms with van der Waals surface area (Å²) in [6.07, 6.45) is -4.58. The zero-order valence-electron chi connectivity index (χ0n) is 16.8. The van der Waals surface area contributed by atoms with Gasteiger partial charge >= 0.3 is 6.18 Å². The molecule has 0 aliphatic carbocycles. The summed E-state index contributed by atoms with van der Waals surface area (Å²) in [5, 5.41) is 1.63. The molecule has 0 aliphatic heterocycles.